The molecule has 1 aliphatic carbocycles. The molecule has 90 valence electrons. The highest BCUT2D eigenvalue weighted by atomic mass is 16.4. The number of hydrogen-bond donors (Lipinski definition) is 1. The van der Waals surface area contributed by atoms with E-state index in [0.29, 0.717) is 5.92 Å². The molecule has 1 N–H and O–H groups in total. The zero-order valence-corrected chi connectivity index (χ0v) is 9.80. The Morgan fingerprint density at radius 1 is 1.29 bits per heavy atom. The number of anilines is 1. The molecular weight excluding hydrogens is 214 g/mol. The molecule has 3 rings (SSSR count). The molecule has 0 unspecified atom stereocenters. The van der Waals surface area contributed by atoms with Gasteiger partial charge in [-0.2, -0.15) is 0 Å². The van der Waals surface area contributed by atoms with Gasteiger partial charge in [0.25, 0.3) is 0 Å². The maximum atomic E-state index is 11.3. The number of fused-ring (bicyclic) bond motifs is 1. The minimum Gasteiger partial charge on any atom is -0.480 e. The van der Waals surface area contributed by atoms with E-state index in [1.165, 1.54) is 18.4 Å². The van der Waals surface area contributed by atoms with Crippen LogP contribution in [0.5, 0.6) is 0 Å². The van der Waals surface area contributed by atoms with Crippen molar-refractivity contribution in [2.45, 2.75) is 31.7 Å². The highest BCUT2D eigenvalue weighted by Gasteiger charge is 2.34. The summed E-state index contributed by atoms with van der Waals surface area (Å²) in [5.74, 6) is 0.0307. The van der Waals surface area contributed by atoms with Gasteiger partial charge in [-0.05, 0) is 43.2 Å². The summed E-state index contributed by atoms with van der Waals surface area (Å²) in [6.07, 6.45) is 4.13. The summed E-state index contributed by atoms with van der Waals surface area (Å²) in [4.78, 5) is 13.4. The number of carboxylic acid groups (broad SMARTS) is 1. The van der Waals surface area contributed by atoms with Crippen molar-refractivity contribution in [3.05, 3.63) is 29.8 Å². The van der Waals surface area contributed by atoms with Crippen molar-refractivity contribution in [3.8, 4) is 0 Å². The average Bonchev–Trinajstić information content (AvgIpc) is 3.13. The Bertz CT molecular complexity index is 440. The van der Waals surface area contributed by atoms with Crippen molar-refractivity contribution in [2.75, 3.05) is 11.4 Å². The van der Waals surface area contributed by atoms with Crippen LogP contribution in [-0.4, -0.2) is 23.7 Å². The Morgan fingerprint density at radius 3 is 2.76 bits per heavy atom. The van der Waals surface area contributed by atoms with E-state index < -0.39 is 5.97 Å². The number of carboxylic acids is 1. The molecule has 1 fully saturated rings. The van der Waals surface area contributed by atoms with E-state index >= 15 is 0 Å². The van der Waals surface area contributed by atoms with Crippen molar-refractivity contribution in [1.82, 2.24) is 0 Å². The van der Waals surface area contributed by atoms with Gasteiger partial charge in [-0.3, -0.25) is 0 Å². The lowest BCUT2D eigenvalue weighted by atomic mass is 9.95. The molecule has 0 saturated heterocycles. The standard InChI is InChI=1S/C14H17NO2/c16-14(17)13-8-7-11-3-1-2-4-12(11)15(13)9-10-5-6-10/h1-4,10,13H,5-9H2,(H,16,17)/t13-/m0/s1. The molecule has 1 atom stereocenters. The number of hydrogen-bond acceptors (Lipinski definition) is 2. The smallest absolute Gasteiger partial charge is 0.326 e. The van der Waals surface area contributed by atoms with Gasteiger partial charge in [0.05, 0.1) is 0 Å². The first kappa shape index (κ1) is 10.6. The van der Waals surface area contributed by atoms with Gasteiger partial charge in [0.15, 0.2) is 0 Å². The normalized spacial score (nSPS) is 23.3. The fourth-order valence-electron chi connectivity index (χ4n) is 2.68. The topological polar surface area (TPSA) is 40.5 Å². The highest BCUT2D eigenvalue weighted by Crippen LogP contribution is 2.36. The van der Waals surface area contributed by atoms with Crippen LogP contribution in [0.25, 0.3) is 0 Å². The first-order valence-electron chi connectivity index (χ1n) is 6.33. The van der Waals surface area contributed by atoms with Crippen LogP contribution in [0.3, 0.4) is 0 Å². The van der Waals surface area contributed by atoms with E-state index in [9.17, 15) is 9.90 Å². The lowest BCUT2D eigenvalue weighted by Gasteiger charge is -2.36. The lowest BCUT2D eigenvalue weighted by Crippen LogP contribution is -2.45. The molecule has 1 aromatic carbocycles. The van der Waals surface area contributed by atoms with Crippen LogP contribution in [0.15, 0.2) is 24.3 Å². The first-order valence-corrected chi connectivity index (χ1v) is 6.33. The molecule has 3 nitrogen and oxygen atoms in total. The second kappa shape index (κ2) is 4.06. The monoisotopic (exact) mass is 231 g/mol. The van der Waals surface area contributed by atoms with Gasteiger partial charge < -0.3 is 10.0 Å². The van der Waals surface area contributed by atoms with Crippen LogP contribution in [-0.2, 0) is 11.2 Å². The molecule has 1 heterocycles. The van der Waals surface area contributed by atoms with Crippen LogP contribution in [0.2, 0.25) is 0 Å². The third kappa shape index (κ3) is 2.02. The van der Waals surface area contributed by atoms with Crippen LogP contribution < -0.4 is 4.90 Å². The predicted molar refractivity (Wildman–Crippen MR) is 66.3 cm³/mol. The maximum Gasteiger partial charge on any atom is 0.326 e. The molecule has 0 bridgehead atoms. The van der Waals surface area contributed by atoms with Gasteiger partial charge >= 0.3 is 5.97 Å². The number of rotatable bonds is 3. The average molecular weight is 231 g/mol. The summed E-state index contributed by atoms with van der Waals surface area (Å²) in [5, 5.41) is 9.33. The second-order valence-electron chi connectivity index (χ2n) is 5.12. The molecule has 1 aliphatic heterocycles. The minimum absolute atomic E-state index is 0.328. The van der Waals surface area contributed by atoms with E-state index in [2.05, 4.69) is 17.0 Å². The summed E-state index contributed by atoms with van der Waals surface area (Å²) < 4.78 is 0. The second-order valence-corrected chi connectivity index (χ2v) is 5.12. The van der Waals surface area contributed by atoms with Crippen LogP contribution in [0.4, 0.5) is 5.69 Å². The molecule has 0 spiro atoms. The SMILES string of the molecule is O=C(O)[C@@H]1CCc2ccccc2N1CC1CC1. The molecule has 2 aliphatic rings. The van der Waals surface area contributed by atoms with Crippen molar-refractivity contribution in [1.29, 1.82) is 0 Å². The zero-order valence-electron chi connectivity index (χ0n) is 9.80. The number of aliphatic carboxylic acids is 1. The number of aryl methyl sites for hydroxylation is 1. The largest absolute Gasteiger partial charge is 0.480 e. The van der Waals surface area contributed by atoms with E-state index in [1.54, 1.807) is 0 Å². The Kier molecular flexibility index (Phi) is 2.54. The van der Waals surface area contributed by atoms with Gasteiger partial charge in [0.1, 0.15) is 6.04 Å². The molecule has 1 saturated carbocycles. The third-order valence-electron chi connectivity index (χ3n) is 3.80. The number of nitrogens with zero attached hydrogens (tertiary/aromatic N) is 1. The van der Waals surface area contributed by atoms with E-state index in [-0.39, 0.29) is 6.04 Å². The van der Waals surface area contributed by atoms with Crippen LogP contribution >= 0.6 is 0 Å². The number of para-hydroxylation sites is 1. The Balaban J connectivity index is 1.93. The van der Waals surface area contributed by atoms with Crippen LogP contribution in [0, 0.1) is 5.92 Å². The summed E-state index contributed by atoms with van der Waals surface area (Å²) in [6, 6.07) is 7.89. The minimum atomic E-state index is -0.680. The molecule has 17 heavy (non-hydrogen) atoms. The summed E-state index contributed by atoms with van der Waals surface area (Å²) in [7, 11) is 0. The molecule has 0 radical (unpaired) electrons. The van der Waals surface area contributed by atoms with Gasteiger partial charge in [-0.25, -0.2) is 4.79 Å². The first-order chi connectivity index (χ1) is 8.25. The Hall–Kier alpha value is -1.51. The van der Waals surface area contributed by atoms with Gasteiger partial charge in [-0.1, -0.05) is 18.2 Å². The molecule has 0 amide bonds. The van der Waals surface area contributed by atoms with Crippen molar-refractivity contribution >= 4 is 11.7 Å². The lowest BCUT2D eigenvalue weighted by molar-refractivity contribution is -0.138. The van der Waals surface area contributed by atoms with Crippen molar-refractivity contribution < 1.29 is 9.90 Å². The Morgan fingerprint density at radius 2 is 2.06 bits per heavy atom. The fourth-order valence-corrected chi connectivity index (χ4v) is 2.68. The highest BCUT2D eigenvalue weighted by molar-refractivity contribution is 5.80. The fraction of sp³-hybridized carbons (Fsp3) is 0.500. The molecule has 1 aromatic rings. The quantitative estimate of drug-likeness (QED) is 0.867. The van der Waals surface area contributed by atoms with Crippen molar-refractivity contribution in [3.63, 3.8) is 0 Å². The van der Waals surface area contributed by atoms with E-state index in [0.717, 1.165) is 25.1 Å². The summed E-state index contributed by atoms with van der Waals surface area (Å²) in [5.41, 5.74) is 2.43. The van der Waals surface area contributed by atoms with Crippen LogP contribution in [0.1, 0.15) is 24.8 Å². The number of carbonyl (C=O) groups is 1. The van der Waals surface area contributed by atoms with Crippen molar-refractivity contribution in [2.24, 2.45) is 5.92 Å². The summed E-state index contributed by atoms with van der Waals surface area (Å²) in [6.45, 7) is 0.911. The Labute approximate surface area is 101 Å². The molecule has 3 heteroatoms. The van der Waals surface area contributed by atoms with Gasteiger partial charge in [-0.15, -0.1) is 0 Å². The van der Waals surface area contributed by atoms with Gasteiger partial charge in [0.2, 0.25) is 0 Å². The zero-order chi connectivity index (χ0) is 11.8. The number of benzene rings is 1. The molecule has 0 aromatic heterocycles. The van der Waals surface area contributed by atoms with Gasteiger partial charge in [0, 0.05) is 12.2 Å². The maximum absolute atomic E-state index is 11.3. The molecular formula is C14H17NO2. The third-order valence-corrected chi connectivity index (χ3v) is 3.80. The predicted octanol–water partition coefficient (Wildman–Crippen LogP) is 2.30. The van der Waals surface area contributed by atoms with E-state index in [4.69, 9.17) is 0 Å². The van der Waals surface area contributed by atoms with E-state index in [1.807, 2.05) is 12.1 Å². The summed E-state index contributed by atoms with van der Waals surface area (Å²) >= 11 is 0.